The zero-order valence-electron chi connectivity index (χ0n) is 16.9. The number of aryl methyl sites for hydroxylation is 1. The van der Waals surface area contributed by atoms with E-state index in [1.54, 1.807) is 22.2 Å². The fraction of sp³-hybridized carbons (Fsp3) is 0.364. The van der Waals surface area contributed by atoms with Crippen molar-refractivity contribution in [1.29, 1.82) is 0 Å². The number of carbonyl (C=O) groups excluding carboxylic acids is 1. The molecule has 0 saturated carbocycles. The third-order valence-corrected chi connectivity index (χ3v) is 5.51. The lowest BCUT2D eigenvalue weighted by atomic mass is 9.94. The molecule has 1 amide bonds. The molecule has 7 heteroatoms. The van der Waals surface area contributed by atoms with Crippen LogP contribution in [0.1, 0.15) is 21.6 Å². The smallest absolute Gasteiger partial charge is 0.257 e. The molecule has 2 aromatic heterocycles. The molecule has 3 heterocycles. The number of carbonyl (C=O) groups is 1. The van der Waals surface area contributed by atoms with E-state index in [9.17, 15) is 9.90 Å². The zero-order chi connectivity index (χ0) is 20.5. The Labute approximate surface area is 170 Å². The number of nitrogens with zero attached hydrogens (tertiary/aromatic N) is 5. The number of aliphatic hydroxyl groups excluding tert-OH is 1. The molecule has 1 saturated heterocycles. The Kier molecular flexibility index (Phi) is 5.15. The number of anilines is 1. The highest BCUT2D eigenvalue weighted by Gasteiger charge is 2.35. The second kappa shape index (κ2) is 7.75. The Bertz CT molecular complexity index is 1050. The van der Waals surface area contributed by atoms with E-state index in [0.717, 1.165) is 16.5 Å². The van der Waals surface area contributed by atoms with Gasteiger partial charge in [0.1, 0.15) is 0 Å². The van der Waals surface area contributed by atoms with Crippen LogP contribution in [0.4, 0.5) is 5.95 Å². The molecule has 150 valence electrons. The fourth-order valence-corrected chi connectivity index (χ4v) is 3.89. The summed E-state index contributed by atoms with van der Waals surface area (Å²) >= 11 is 0. The maximum atomic E-state index is 13.0. The van der Waals surface area contributed by atoms with Crippen molar-refractivity contribution in [2.75, 3.05) is 32.1 Å². The van der Waals surface area contributed by atoms with E-state index >= 15 is 0 Å². The highest BCUT2D eigenvalue weighted by molar-refractivity contribution is 5.95. The van der Waals surface area contributed by atoms with Crippen molar-refractivity contribution < 1.29 is 9.90 Å². The molecular formula is C22H25N5O2. The van der Waals surface area contributed by atoms with Gasteiger partial charge in [-0.1, -0.05) is 18.2 Å². The minimum atomic E-state index is -0.562. The van der Waals surface area contributed by atoms with Gasteiger partial charge in [0.05, 0.1) is 22.9 Å². The second-order valence-electron chi connectivity index (χ2n) is 7.79. The number of aromatic nitrogens is 3. The normalized spacial score (nSPS) is 19.0. The Morgan fingerprint density at radius 2 is 2.00 bits per heavy atom. The predicted octanol–water partition coefficient (Wildman–Crippen LogP) is 2.07. The lowest BCUT2D eigenvalue weighted by Crippen LogP contribution is -2.30. The summed E-state index contributed by atoms with van der Waals surface area (Å²) in [5.74, 6) is 0.420. The van der Waals surface area contributed by atoms with Gasteiger partial charge in [0.25, 0.3) is 5.91 Å². The number of para-hydroxylation sites is 1. The van der Waals surface area contributed by atoms with Crippen molar-refractivity contribution in [1.82, 2.24) is 19.9 Å². The van der Waals surface area contributed by atoms with Crippen LogP contribution in [0.2, 0.25) is 0 Å². The maximum absolute atomic E-state index is 13.0. The highest BCUT2D eigenvalue weighted by Crippen LogP contribution is 2.26. The first kappa shape index (κ1) is 19.3. The first-order valence-corrected chi connectivity index (χ1v) is 9.75. The zero-order valence-corrected chi connectivity index (χ0v) is 16.9. The Morgan fingerprint density at radius 3 is 2.76 bits per heavy atom. The third-order valence-electron chi connectivity index (χ3n) is 5.51. The average Bonchev–Trinajstić information content (AvgIpc) is 3.08. The molecule has 0 aliphatic carbocycles. The summed E-state index contributed by atoms with van der Waals surface area (Å²) in [6, 6.07) is 10.00. The number of aliphatic hydroxyl groups is 1. The van der Waals surface area contributed by atoms with Crippen LogP contribution in [0.25, 0.3) is 10.9 Å². The summed E-state index contributed by atoms with van der Waals surface area (Å²) in [5, 5.41) is 11.7. The van der Waals surface area contributed by atoms with Crippen molar-refractivity contribution >= 4 is 22.8 Å². The molecule has 0 spiro atoms. The van der Waals surface area contributed by atoms with Gasteiger partial charge in [0, 0.05) is 50.9 Å². The van der Waals surface area contributed by atoms with Gasteiger partial charge < -0.3 is 14.9 Å². The van der Waals surface area contributed by atoms with E-state index in [4.69, 9.17) is 0 Å². The van der Waals surface area contributed by atoms with Crippen LogP contribution in [-0.4, -0.2) is 64.2 Å². The molecule has 0 radical (unpaired) electrons. The summed E-state index contributed by atoms with van der Waals surface area (Å²) in [6.07, 6.45) is 3.52. The van der Waals surface area contributed by atoms with Gasteiger partial charge in [-0.25, -0.2) is 9.97 Å². The summed E-state index contributed by atoms with van der Waals surface area (Å²) in [4.78, 5) is 29.6. The number of benzene rings is 1. The van der Waals surface area contributed by atoms with E-state index in [-0.39, 0.29) is 11.8 Å². The minimum Gasteiger partial charge on any atom is -0.391 e. The number of β-amino-alcohol motifs (C(OH)–C–C–N with tert-alkyl or cyclic N) is 1. The molecule has 1 aliphatic heterocycles. The largest absolute Gasteiger partial charge is 0.391 e. The summed E-state index contributed by atoms with van der Waals surface area (Å²) in [7, 11) is 3.72. The van der Waals surface area contributed by atoms with Gasteiger partial charge in [0.2, 0.25) is 5.95 Å². The van der Waals surface area contributed by atoms with Crippen LogP contribution >= 0.6 is 0 Å². The van der Waals surface area contributed by atoms with Gasteiger partial charge in [-0.05, 0) is 31.0 Å². The van der Waals surface area contributed by atoms with Crippen LogP contribution in [0.3, 0.4) is 0 Å². The van der Waals surface area contributed by atoms with Crippen molar-refractivity contribution in [2.45, 2.75) is 19.4 Å². The van der Waals surface area contributed by atoms with E-state index < -0.39 is 6.10 Å². The van der Waals surface area contributed by atoms with Crippen molar-refractivity contribution in [2.24, 2.45) is 5.92 Å². The average molecular weight is 391 g/mol. The van der Waals surface area contributed by atoms with Crippen LogP contribution in [0, 0.1) is 12.8 Å². The molecule has 1 N–H and O–H groups in total. The lowest BCUT2D eigenvalue weighted by Gasteiger charge is -2.18. The van der Waals surface area contributed by atoms with Gasteiger partial charge in [0.15, 0.2) is 0 Å². The number of amides is 1. The van der Waals surface area contributed by atoms with E-state index in [1.807, 2.05) is 45.3 Å². The molecule has 0 bridgehead atoms. The highest BCUT2D eigenvalue weighted by atomic mass is 16.3. The standard InChI is InChI=1S/C22H25N5O2/c1-14-18(11-24-22(25-14)26(2)3)21(29)27-12-16(20(28)13-27)10-15-8-9-23-19-7-5-4-6-17(15)19/h4-9,11,16,20,28H,10,12-13H2,1-3H3. The van der Waals surface area contributed by atoms with Crippen LogP contribution in [-0.2, 0) is 6.42 Å². The maximum Gasteiger partial charge on any atom is 0.257 e. The third kappa shape index (κ3) is 3.78. The second-order valence-corrected chi connectivity index (χ2v) is 7.79. The topological polar surface area (TPSA) is 82.5 Å². The predicted molar refractivity (Wildman–Crippen MR) is 112 cm³/mol. The van der Waals surface area contributed by atoms with Crippen molar-refractivity contribution in [3.8, 4) is 0 Å². The number of fused-ring (bicyclic) bond motifs is 1. The quantitative estimate of drug-likeness (QED) is 0.733. The van der Waals surface area contributed by atoms with Crippen molar-refractivity contribution in [3.63, 3.8) is 0 Å². The van der Waals surface area contributed by atoms with Crippen LogP contribution in [0.5, 0.6) is 0 Å². The monoisotopic (exact) mass is 391 g/mol. The van der Waals surface area contributed by atoms with Gasteiger partial charge in [-0.2, -0.15) is 0 Å². The summed E-state index contributed by atoms with van der Waals surface area (Å²) < 4.78 is 0. The molecule has 7 nitrogen and oxygen atoms in total. The number of likely N-dealkylation sites (tertiary alicyclic amines) is 1. The van der Waals surface area contributed by atoms with E-state index in [1.165, 1.54) is 0 Å². The lowest BCUT2D eigenvalue weighted by molar-refractivity contribution is 0.0763. The van der Waals surface area contributed by atoms with Gasteiger partial charge in [-0.3, -0.25) is 9.78 Å². The first-order chi connectivity index (χ1) is 13.9. The minimum absolute atomic E-state index is 0.0213. The number of rotatable bonds is 4. The first-order valence-electron chi connectivity index (χ1n) is 9.75. The summed E-state index contributed by atoms with van der Waals surface area (Å²) in [6.45, 7) is 2.64. The fourth-order valence-electron chi connectivity index (χ4n) is 3.89. The Balaban J connectivity index is 1.52. The SMILES string of the molecule is Cc1nc(N(C)C)ncc1C(=O)N1CC(O)C(Cc2ccnc3ccccc23)C1. The van der Waals surface area contributed by atoms with Crippen LogP contribution < -0.4 is 4.90 Å². The van der Waals surface area contributed by atoms with Gasteiger partial charge in [-0.15, -0.1) is 0 Å². The van der Waals surface area contributed by atoms with Gasteiger partial charge >= 0.3 is 0 Å². The molecule has 4 rings (SSSR count). The number of hydrogen-bond acceptors (Lipinski definition) is 6. The molecule has 2 unspecified atom stereocenters. The molecular weight excluding hydrogens is 366 g/mol. The molecule has 1 aromatic carbocycles. The van der Waals surface area contributed by atoms with Crippen LogP contribution in [0.15, 0.2) is 42.7 Å². The number of hydrogen-bond donors (Lipinski definition) is 1. The number of pyridine rings is 1. The summed E-state index contributed by atoms with van der Waals surface area (Å²) in [5.41, 5.74) is 3.22. The molecule has 1 fully saturated rings. The van der Waals surface area contributed by atoms with E-state index in [0.29, 0.717) is 36.7 Å². The Hall–Kier alpha value is -3.06. The van der Waals surface area contributed by atoms with E-state index in [2.05, 4.69) is 21.0 Å². The molecule has 3 aromatic rings. The molecule has 2 atom stereocenters. The Morgan fingerprint density at radius 1 is 1.21 bits per heavy atom. The molecule has 29 heavy (non-hydrogen) atoms. The molecule has 1 aliphatic rings. The van der Waals surface area contributed by atoms with Crippen molar-refractivity contribution in [3.05, 3.63) is 59.5 Å².